The molecule has 0 unspecified atom stereocenters. The van der Waals surface area contributed by atoms with E-state index in [1.807, 2.05) is 0 Å². The number of para-hydroxylation sites is 1. The van der Waals surface area contributed by atoms with E-state index in [1.165, 1.54) is 29.9 Å². The van der Waals surface area contributed by atoms with Gasteiger partial charge in [-0.05, 0) is 23.8 Å². The molecule has 28 heavy (non-hydrogen) atoms. The number of hydrogen-bond donors (Lipinski definition) is 1. The van der Waals surface area contributed by atoms with Crippen molar-refractivity contribution in [2.45, 2.75) is 6.18 Å². The number of imidazole rings is 1. The number of halogens is 3. The molecule has 6 nitrogen and oxygen atoms in total. The highest BCUT2D eigenvalue weighted by molar-refractivity contribution is 5.94. The molecule has 0 aliphatic rings. The van der Waals surface area contributed by atoms with Gasteiger partial charge in [0.2, 0.25) is 12.2 Å². The lowest BCUT2D eigenvalue weighted by Crippen LogP contribution is -2.15. The average molecular weight is 389 g/mol. The summed E-state index contributed by atoms with van der Waals surface area (Å²) in [6.07, 6.45) is -2.60. The molecule has 0 saturated heterocycles. The third kappa shape index (κ3) is 3.59. The highest BCUT2D eigenvalue weighted by Crippen LogP contribution is 2.36. The number of nitrogens with zero attached hydrogens (tertiary/aromatic N) is 3. The fourth-order valence-electron chi connectivity index (χ4n) is 2.77. The highest BCUT2D eigenvalue weighted by atomic mass is 19.4. The Balaban J connectivity index is 2.07. The molecule has 1 heterocycles. The maximum atomic E-state index is 12.8. The molecule has 0 atom stereocenters. The monoisotopic (exact) mass is 389 g/mol. The first-order valence-corrected chi connectivity index (χ1v) is 8.00. The van der Waals surface area contributed by atoms with Crippen LogP contribution in [0.5, 0.6) is 0 Å². The van der Waals surface area contributed by atoms with Crippen LogP contribution < -0.4 is 4.90 Å². The summed E-state index contributed by atoms with van der Waals surface area (Å²) in [7, 11) is 1.48. The SMILES string of the molecule is Cn1cc(N(C=O)c2ccccc2-c2ccc(C(F)(F)F)cc2)nc1C(=O)O. The molecule has 0 bridgehead atoms. The van der Waals surface area contributed by atoms with Crippen LogP contribution in [-0.2, 0) is 18.0 Å². The molecule has 144 valence electrons. The number of benzene rings is 2. The van der Waals surface area contributed by atoms with Gasteiger partial charge in [0.25, 0.3) is 0 Å². The number of amides is 1. The Bertz CT molecular complexity index is 1030. The maximum absolute atomic E-state index is 12.8. The Hall–Kier alpha value is -3.62. The highest BCUT2D eigenvalue weighted by Gasteiger charge is 2.30. The van der Waals surface area contributed by atoms with Crippen LogP contribution >= 0.6 is 0 Å². The lowest BCUT2D eigenvalue weighted by Gasteiger charge is -2.19. The minimum absolute atomic E-state index is 0.0780. The number of carbonyl (C=O) groups excluding carboxylic acids is 1. The van der Waals surface area contributed by atoms with Crippen molar-refractivity contribution in [3.63, 3.8) is 0 Å². The van der Waals surface area contributed by atoms with Crippen molar-refractivity contribution in [1.29, 1.82) is 0 Å². The molecule has 0 fully saturated rings. The summed E-state index contributed by atoms with van der Waals surface area (Å²) in [5.41, 5.74) is 0.528. The smallest absolute Gasteiger partial charge is 0.416 e. The molecule has 2 aromatic carbocycles. The normalized spacial score (nSPS) is 11.3. The van der Waals surface area contributed by atoms with E-state index < -0.39 is 17.7 Å². The molecule has 0 saturated carbocycles. The second-order valence-electron chi connectivity index (χ2n) is 5.91. The van der Waals surface area contributed by atoms with Gasteiger partial charge in [-0.3, -0.25) is 9.69 Å². The van der Waals surface area contributed by atoms with Crippen molar-refractivity contribution in [1.82, 2.24) is 9.55 Å². The van der Waals surface area contributed by atoms with Gasteiger partial charge in [-0.1, -0.05) is 30.3 Å². The Morgan fingerprint density at radius 2 is 1.79 bits per heavy atom. The van der Waals surface area contributed by atoms with Gasteiger partial charge in [-0.15, -0.1) is 0 Å². The summed E-state index contributed by atoms with van der Waals surface area (Å²) in [5.74, 6) is -1.43. The van der Waals surface area contributed by atoms with Gasteiger partial charge in [0.15, 0.2) is 5.82 Å². The molecule has 1 aromatic heterocycles. The average Bonchev–Trinajstić information content (AvgIpc) is 3.04. The van der Waals surface area contributed by atoms with Crippen LogP contribution in [0.3, 0.4) is 0 Å². The number of anilines is 2. The zero-order valence-electron chi connectivity index (χ0n) is 14.5. The predicted octanol–water partition coefficient (Wildman–Crippen LogP) is 4.10. The quantitative estimate of drug-likeness (QED) is 0.667. The molecule has 1 amide bonds. The van der Waals surface area contributed by atoms with Crippen molar-refractivity contribution < 1.29 is 27.9 Å². The minimum atomic E-state index is -4.45. The molecular weight excluding hydrogens is 375 g/mol. The van der Waals surface area contributed by atoms with Crippen LogP contribution in [0.4, 0.5) is 24.7 Å². The lowest BCUT2D eigenvalue weighted by atomic mass is 10.0. The molecule has 0 radical (unpaired) electrons. The first-order valence-electron chi connectivity index (χ1n) is 8.00. The summed E-state index contributed by atoms with van der Waals surface area (Å²) < 4.78 is 39.7. The molecule has 0 spiro atoms. The van der Waals surface area contributed by atoms with Gasteiger partial charge in [-0.2, -0.15) is 13.2 Å². The number of alkyl halides is 3. The van der Waals surface area contributed by atoms with Crippen LogP contribution in [0, 0.1) is 0 Å². The summed E-state index contributed by atoms with van der Waals surface area (Å²) >= 11 is 0. The van der Waals surface area contributed by atoms with Gasteiger partial charge < -0.3 is 9.67 Å². The van der Waals surface area contributed by atoms with Crippen LogP contribution in [0.15, 0.2) is 54.7 Å². The molecule has 1 N–H and O–H groups in total. The number of carbonyl (C=O) groups is 2. The number of carboxylic acid groups (broad SMARTS) is 1. The summed E-state index contributed by atoms with van der Waals surface area (Å²) in [4.78, 5) is 28.0. The van der Waals surface area contributed by atoms with Crippen molar-refractivity contribution in [2.24, 2.45) is 7.05 Å². The molecule has 0 aliphatic carbocycles. The standard InChI is InChI=1S/C19H14F3N3O3/c1-24-10-16(23-17(24)18(27)28)25(11-26)15-5-3-2-4-14(15)12-6-8-13(9-7-12)19(20,21)22/h2-11H,1H3,(H,27,28). The zero-order chi connectivity index (χ0) is 20.5. The fraction of sp³-hybridized carbons (Fsp3) is 0.105. The minimum Gasteiger partial charge on any atom is -0.475 e. The van der Waals surface area contributed by atoms with E-state index in [-0.39, 0.29) is 11.6 Å². The number of aryl methyl sites for hydroxylation is 1. The largest absolute Gasteiger partial charge is 0.475 e. The topological polar surface area (TPSA) is 75.4 Å². The van der Waals surface area contributed by atoms with Crippen LogP contribution in [-0.4, -0.2) is 27.0 Å². The Kier molecular flexibility index (Phi) is 4.91. The first-order chi connectivity index (χ1) is 13.2. The number of aromatic carboxylic acids is 1. The number of rotatable bonds is 5. The second-order valence-corrected chi connectivity index (χ2v) is 5.91. The fourth-order valence-corrected chi connectivity index (χ4v) is 2.77. The van der Waals surface area contributed by atoms with E-state index in [9.17, 15) is 22.8 Å². The van der Waals surface area contributed by atoms with E-state index in [1.54, 1.807) is 24.3 Å². The molecule has 3 aromatic rings. The Morgan fingerprint density at radius 3 is 2.32 bits per heavy atom. The Morgan fingerprint density at radius 1 is 1.14 bits per heavy atom. The van der Waals surface area contributed by atoms with Crippen LogP contribution in [0.2, 0.25) is 0 Å². The van der Waals surface area contributed by atoms with Crippen molar-refractivity contribution in [3.8, 4) is 11.1 Å². The Labute approximate surface area is 157 Å². The second kappa shape index (κ2) is 7.18. The maximum Gasteiger partial charge on any atom is 0.416 e. The number of aromatic nitrogens is 2. The zero-order valence-corrected chi connectivity index (χ0v) is 14.5. The van der Waals surface area contributed by atoms with E-state index >= 15 is 0 Å². The molecular formula is C19H14F3N3O3. The van der Waals surface area contributed by atoms with E-state index in [2.05, 4.69) is 4.98 Å². The summed E-state index contributed by atoms with van der Waals surface area (Å²) in [5, 5.41) is 9.15. The van der Waals surface area contributed by atoms with Gasteiger partial charge in [0.1, 0.15) is 0 Å². The summed E-state index contributed by atoms with van der Waals surface area (Å²) in [6, 6.07) is 11.1. The van der Waals surface area contributed by atoms with Crippen LogP contribution in [0.25, 0.3) is 11.1 Å². The number of carboxylic acids is 1. The third-order valence-electron chi connectivity index (χ3n) is 4.09. The van der Waals surface area contributed by atoms with Crippen molar-refractivity contribution >= 4 is 23.9 Å². The molecule has 9 heteroatoms. The van der Waals surface area contributed by atoms with Crippen molar-refractivity contribution in [2.75, 3.05) is 4.90 Å². The van der Waals surface area contributed by atoms with Crippen molar-refractivity contribution in [3.05, 3.63) is 66.1 Å². The van der Waals surface area contributed by atoms with E-state index in [0.717, 1.165) is 17.0 Å². The third-order valence-corrected chi connectivity index (χ3v) is 4.09. The molecule has 3 rings (SSSR count). The van der Waals surface area contributed by atoms with Gasteiger partial charge in [-0.25, -0.2) is 9.78 Å². The van der Waals surface area contributed by atoms with Gasteiger partial charge in [0, 0.05) is 18.8 Å². The lowest BCUT2D eigenvalue weighted by molar-refractivity contribution is -0.137. The molecule has 0 aliphatic heterocycles. The number of hydrogen-bond acceptors (Lipinski definition) is 3. The van der Waals surface area contributed by atoms with Gasteiger partial charge in [0.05, 0.1) is 11.3 Å². The first kappa shape index (κ1) is 19.2. The van der Waals surface area contributed by atoms with Gasteiger partial charge >= 0.3 is 12.1 Å². The van der Waals surface area contributed by atoms with Crippen LogP contribution in [0.1, 0.15) is 16.2 Å². The van der Waals surface area contributed by atoms with E-state index in [0.29, 0.717) is 23.2 Å². The predicted molar refractivity (Wildman–Crippen MR) is 95.3 cm³/mol. The van der Waals surface area contributed by atoms with E-state index in [4.69, 9.17) is 5.11 Å². The summed E-state index contributed by atoms with van der Waals surface area (Å²) in [6.45, 7) is 0.